The zero-order valence-corrected chi connectivity index (χ0v) is 12.1. The summed E-state index contributed by atoms with van der Waals surface area (Å²) in [6.07, 6.45) is 1.55. The summed E-state index contributed by atoms with van der Waals surface area (Å²) in [4.78, 5) is 16.2. The summed E-state index contributed by atoms with van der Waals surface area (Å²) in [5.41, 5.74) is 7.95. The molecule has 2 aromatic rings. The van der Waals surface area contributed by atoms with E-state index >= 15 is 0 Å². The van der Waals surface area contributed by atoms with E-state index in [-0.39, 0.29) is 24.3 Å². The van der Waals surface area contributed by atoms with Crippen molar-refractivity contribution in [2.75, 3.05) is 0 Å². The Labute approximate surface area is 123 Å². The number of aromatic nitrogens is 1. The molecule has 1 heterocycles. The van der Waals surface area contributed by atoms with E-state index in [2.05, 4.69) is 10.3 Å². The Hall–Kier alpha value is -2.27. The van der Waals surface area contributed by atoms with Crippen LogP contribution >= 0.6 is 0 Å². The molecule has 0 saturated heterocycles. The Balaban J connectivity index is 2.12. The molecule has 21 heavy (non-hydrogen) atoms. The minimum absolute atomic E-state index is 0.236. The third-order valence-electron chi connectivity index (χ3n) is 3.33. The van der Waals surface area contributed by atoms with E-state index in [1.54, 1.807) is 37.4 Å². The first-order chi connectivity index (χ1) is 10.0. The standard InChI is InChI=1S/C16H18FN3O/c1-10-3-4-12(8-15(10)17)11(2)20-16(21)13-5-6-19-14(7-13)9-18/h3-8,11H,9,18H2,1-2H3,(H,20,21). The van der Waals surface area contributed by atoms with Crippen LogP contribution in [0.5, 0.6) is 0 Å². The zero-order valence-electron chi connectivity index (χ0n) is 12.1. The van der Waals surface area contributed by atoms with Crippen molar-refractivity contribution in [1.29, 1.82) is 0 Å². The molecule has 1 aromatic heterocycles. The molecule has 0 bridgehead atoms. The molecule has 0 aliphatic rings. The van der Waals surface area contributed by atoms with Crippen LogP contribution in [0, 0.1) is 12.7 Å². The van der Waals surface area contributed by atoms with Gasteiger partial charge in [-0.2, -0.15) is 0 Å². The summed E-state index contributed by atoms with van der Waals surface area (Å²) in [7, 11) is 0. The molecule has 4 nitrogen and oxygen atoms in total. The van der Waals surface area contributed by atoms with Crippen LogP contribution in [0.15, 0.2) is 36.5 Å². The molecule has 110 valence electrons. The molecule has 0 radical (unpaired) electrons. The van der Waals surface area contributed by atoms with Crippen LogP contribution in [0.3, 0.4) is 0 Å². The maximum atomic E-state index is 13.6. The molecule has 2 rings (SSSR count). The summed E-state index contributed by atoms with van der Waals surface area (Å²) >= 11 is 0. The number of halogens is 1. The number of rotatable bonds is 4. The fourth-order valence-corrected chi connectivity index (χ4v) is 1.97. The van der Waals surface area contributed by atoms with Gasteiger partial charge in [0.25, 0.3) is 5.91 Å². The molecule has 0 fully saturated rings. The molecule has 1 unspecified atom stereocenters. The van der Waals surface area contributed by atoms with Gasteiger partial charge in [0.2, 0.25) is 0 Å². The van der Waals surface area contributed by atoms with Gasteiger partial charge in [0.05, 0.1) is 11.7 Å². The SMILES string of the molecule is Cc1ccc(C(C)NC(=O)c2ccnc(CN)c2)cc1F. The van der Waals surface area contributed by atoms with Crippen molar-refractivity contribution in [3.05, 3.63) is 64.7 Å². The predicted molar refractivity (Wildman–Crippen MR) is 79.1 cm³/mol. The highest BCUT2D eigenvalue weighted by molar-refractivity contribution is 5.94. The van der Waals surface area contributed by atoms with E-state index in [1.807, 2.05) is 6.92 Å². The topological polar surface area (TPSA) is 68.0 Å². The summed E-state index contributed by atoms with van der Waals surface area (Å²) < 4.78 is 13.6. The van der Waals surface area contributed by atoms with Crippen molar-refractivity contribution >= 4 is 5.91 Å². The normalized spacial score (nSPS) is 12.0. The fourth-order valence-electron chi connectivity index (χ4n) is 1.97. The number of nitrogens with two attached hydrogens (primary N) is 1. The van der Waals surface area contributed by atoms with Gasteiger partial charge in [0.1, 0.15) is 5.82 Å². The number of nitrogens with zero attached hydrogens (tertiary/aromatic N) is 1. The summed E-state index contributed by atoms with van der Waals surface area (Å²) in [5.74, 6) is -0.511. The molecule has 3 N–H and O–H groups in total. The van der Waals surface area contributed by atoms with Crippen molar-refractivity contribution in [3.63, 3.8) is 0 Å². The number of hydrogen-bond donors (Lipinski definition) is 2. The highest BCUT2D eigenvalue weighted by Gasteiger charge is 2.13. The van der Waals surface area contributed by atoms with Crippen LogP contribution < -0.4 is 11.1 Å². The summed E-state index contributed by atoms with van der Waals surface area (Å²) in [5, 5.41) is 2.84. The Morgan fingerprint density at radius 1 is 1.38 bits per heavy atom. The minimum atomic E-state index is -0.290. The van der Waals surface area contributed by atoms with Gasteiger partial charge < -0.3 is 11.1 Å². The minimum Gasteiger partial charge on any atom is -0.346 e. The summed E-state index contributed by atoms with van der Waals surface area (Å²) in [6.45, 7) is 3.79. The van der Waals surface area contributed by atoms with Gasteiger partial charge in [-0.1, -0.05) is 12.1 Å². The van der Waals surface area contributed by atoms with Crippen LogP contribution in [-0.4, -0.2) is 10.9 Å². The number of nitrogens with one attached hydrogen (secondary N) is 1. The van der Waals surface area contributed by atoms with Gasteiger partial charge >= 0.3 is 0 Å². The van der Waals surface area contributed by atoms with Gasteiger partial charge in [-0.25, -0.2) is 4.39 Å². The van der Waals surface area contributed by atoms with Crippen LogP contribution in [0.1, 0.15) is 40.1 Å². The van der Waals surface area contributed by atoms with Crippen molar-refractivity contribution in [2.45, 2.75) is 26.4 Å². The molecule has 0 aliphatic carbocycles. The van der Waals surface area contributed by atoms with E-state index < -0.39 is 0 Å². The third kappa shape index (κ3) is 3.64. The maximum Gasteiger partial charge on any atom is 0.251 e. The number of carbonyl (C=O) groups excluding carboxylic acids is 1. The number of benzene rings is 1. The Morgan fingerprint density at radius 3 is 2.81 bits per heavy atom. The maximum absolute atomic E-state index is 13.6. The first-order valence-electron chi connectivity index (χ1n) is 6.73. The zero-order chi connectivity index (χ0) is 15.4. The molecular weight excluding hydrogens is 269 g/mol. The van der Waals surface area contributed by atoms with Crippen molar-refractivity contribution in [1.82, 2.24) is 10.3 Å². The van der Waals surface area contributed by atoms with Gasteiger partial charge in [0.15, 0.2) is 0 Å². The Kier molecular flexibility index (Phi) is 4.65. The number of hydrogen-bond acceptors (Lipinski definition) is 3. The fraction of sp³-hybridized carbons (Fsp3) is 0.250. The lowest BCUT2D eigenvalue weighted by atomic mass is 10.1. The second-order valence-electron chi connectivity index (χ2n) is 4.94. The molecular formula is C16H18FN3O. The predicted octanol–water partition coefficient (Wildman–Crippen LogP) is 2.48. The van der Waals surface area contributed by atoms with Crippen molar-refractivity contribution in [2.24, 2.45) is 5.73 Å². The lowest BCUT2D eigenvalue weighted by molar-refractivity contribution is 0.0939. The van der Waals surface area contributed by atoms with E-state index in [1.165, 1.54) is 6.07 Å². The monoisotopic (exact) mass is 287 g/mol. The number of amides is 1. The first kappa shape index (κ1) is 15.1. The molecule has 5 heteroatoms. The molecule has 1 amide bonds. The number of carbonyl (C=O) groups is 1. The average molecular weight is 287 g/mol. The van der Waals surface area contributed by atoms with Gasteiger partial charge in [-0.3, -0.25) is 9.78 Å². The van der Waals surface area contributed by atoms with E-state index in [0.717, 1.165) is 5.56 Å². The smallest absolute Gasteiger partial charge is 0.251 e. The van der Waals surface area contributed by atoms with Crippen molar-refractivity contribution in [3.8, 4) is 0 Å². The molecule has 0 saturated carbocycles. The lowest BCUT2D eigenvalue weighted by Crippen LogP contribution is -2.27. The Bertz CT molecular complexity index is 658. The van der Waals surface area contributed by atoms with Crippen LogP contribution in [0.25, 0.3) is 0 Å². The van der Waals surface area contributed by atoms with Crippen LogP contribution in [0.2, 0.25) is 0 Å². The van der Waals surface area contributed by atoms with E-state index in [4.69, 9.17) is 5.73 Å². The first-order valence-corrected chi connectivity index (χ1v) is 6.73. The van der Waals surface area contributed by atoms with Crippen molar-refractivity contribution < 1.29 is 9.18 Å². The quantitative estimate of drug-likeness (QED) is 0.907. The molecule has 0 spiro atoms. The number of aryl methyl sites for hydroxylation is 1. The van der Waals surface area contributed by atoms with E-state index in [0.29, 0.717) is 16.8 Å². The highest BCUT2D eigenvalue weighted by atomic mass is 19.1. The third-order valence-corrected chi connectivity index (χ3v) is 3.33. The summed E-state index contributed by atoms with van der Waals surface area (Å²) in [6, 6.07) is 7.93. The average Bonchev–Trinajstić information content (AvgIpc) is 2.49. The molecule has 0 aliphatic heterocycles. The molecule has 1 atom stereocenters. The largest absolute Gasteiger partial charge is 0.346 e. The lowest BCUT2D eigenvalue weighted by Gasteiger charge is -2.15. The van der Waals surface area contributed by atoms with Crippen LogP contribution in [0.4, 0.5) is 4.39 Å². The van der Waals surface area contributed by atoms with Gasteiger partial charge in [0, 0.05) is 18.3 Å². The molecule has 1 aromatic carbocycles. The van der Waals surface area contributed by atoms with Gasteiger partial charge in [-0.15, -0.1) is 0 Å². The Morgan fingerprint density at radius 2 is 2.14 bits per heavy atom. The second kappa shape index (κ2) is 6.45. The number of pyridine rings is 1. The van der Waals surface area contributed by atoms with E-state index in [9.17, 15) is 9.18 Å². The van der Waals surface area contributed by atoms with Gasteiger partial charge in [-0.05, 0) is 43.2 Å². The second-order valence-corrected chi connectivity index (χ2v) is 4.94. The highest BCUT2D eigenvalue weighted by Crippen LogP contribution is 2.17. The van der Waals surface area contributed by atoms with Crippen LogP contribution in [-0.2, 0) is 6.54 Å².